The highest BCUT2D eigenvalue weighted by molar-refractivity contribution is 6.31. The normalized spacial score (nSPS) is 30.4. The Morgan fingerprint density at radius 2 is 2.00 bits per heavy atom. The molecule has 2 N–H and O–H groups in total. The Bertz CT molecular complexity index is 363. The molecular formula is C13H17ClFN. The number of nitrogens with two attached hydrogens (primary N) is 1. The minimum absolute atomic E-state index is 0.274. The van der Waals surface area contributed by atoms with E-state index in [1.165, 1.54) is 6.07 Å². The van der Waals surface area contributed by atoms with Crippen molar-refractivity contribution in [2.45, 2.75) is 38.1 Å². The van der Waals surface area contributed by atoms with Crippen LogP contribution in [0.4, 0.5) is 4.39 Å². The van der Waals surface area contributed by atoms with Gasteiger partial charge < -0.3 is 5.73 Å². The fraction of sp³-hybridized carbons (Fsp3) is 0.538. The second-order valence-corrected chi connectivity index (χ2v) is 5.34. The lowest BCUT2D eigenvalue weighted by Gasteiger charge is -2.37. The molecule has 2 rings (SSSR count). The van der Waals surface area contributed by atoms with Crippen LogP contribution in [-0.2, 0) is 5.54 Å². The van der Waals surface area contributed by atoms with Crippen molar-refractivity contribution in [2.24, 2.45) is 11.7 Å². The standard InChI is InChI=1S/C13H17ClFN/c1-9-5-7-13(16,8-6-9)12-10(14)3-2-4-11(12)15/h2-4,9H,5-8,16H2,1H3. The van der Waals surface area contributed by atoms with Gasteiger partial charge in [-0.05, 0) is 43.7 Å². The molecule has 0 aliphatic heterocycles. The molecule has 0 aromatic heterocycles. The number of hydrogen-bond donors (Lipinski definition) is 1. The van der Waals surface area contributed by atoms with Crippen LogP contribution in [-0.4, -0.2) is 0 Å². The number of halogens is 2. The molecule has 1 saturated carbocycles. The fourth-order valence-electron chi connectivity index (χ4n) is 2.50. The van der Waals surface area contributed by atoms with Gasteiger partial charge in [0.1, 0.15) is 5.82 Å². The first-order valence-electron chi connectivity index (χ1n) is 5.76. The maximum Gasteiger partial charge on any atom is 0.129 e. The van der Waals surface area contributed by atoms with Crippen LogP contribution in [0.1, 0.15) is 38.2 Å². The highest BCUT2D eigenvalue weighted by atomic mass is 35.5. The van der Waals surface area contributed by atoms with Gasteiger partial charge in [-0.1, -0.05) is 24.6 Å². The van der Waals surface area contributed by atoms with E-state index in [1.807, 2.05) is 0 Å². The van der Waals surface area contributed by atoms with Crippen LogP contribution in [0.3, 0.4) is 0 Å². The molecule has 0 atom stereocenters. The predicted molar refractivity (Wildman–Crippen MR) is 64.9 cm³/mol. The Balaban J connectivity index is 2.36. The lowest BCUT2D eigenvalue weighted by Crippen LogP contribution is -2.41. The van der Waals surface area contributed by atoms with Crippen LogP contribution < -0.4 is 5.73 Å². The van der Waals surface area contributed by atoms with E-state index in [2.05, 4.69) is 6.92 Å². The van der Waals surface area contributed by atoms with E-state index in [-0.39, 0.29) is 5.82 Å². The average Bonchev–Trinajstić information content (AvgIpc) is 2.23. The molecule has 0 saturated heterocycles. The maximum atomic E-state index is 13.8. The smallest absolute Gasteiger partial charge is 0.129 e. The van der Waals surface area contributed by atoms with Gasteiger partial charge in [0.2, 0.25) is 0 Å². The average molecular weight is 242 g/mol. The summed E-state index contributed by atoms with van der Waals surface area (Å²) in [5.74, 6) is 0.409. The van der Waals surface area contributed by atoms with Crippen LogP contribution in [0, 0.1) is 11.7 Å². The highest BCUT2D eigenvalue weighted by Crippen LogP contribution is 2.41. The van der Waals surface area contributed by atoms with E-state index in [0.29, 0.717) is 16.5 Å². The molecule has 1 aromatic rings. The molecule has 0 radical (unpaired) electrons. The summed E-state index contributed by atoms with van der Waals surface area (Å²) in [7, 11) is 0. The monoisotopic (exact) mass is 241 g/mol. The summed E-state index contributed by atoms with van der Waals surface area (Å²) in [6, 6.07) is 4.77. The summed E-state index contributed by atoms with van der Waals surface area (Å²) in [6.07, 6.45) is 3.71. The largest absolute Gasteiger partial charge is 0.321 e. The van der Waals surface area contributed by atoms with Gasteiger partial charge in [0.25, 0.3) is 0 Å². The first-order valence-corrected chi connectivity index (χ1v) is 6.14. The topological polar surface area (TPSA) is 26.0 Å². The van der Waals surface area contributed by atoms with E-state index < -0.39 is 5.54 Å². The summed E-state index contributed by atoms with van der Waals surface area (Å²) >= 11 is 6.07. The van der Waals surface area contributed by atoms with Crippen molar-refractivity contribution < 1.29 is 4.39 Å². The van der Waals surface area contributed by atoms with Crippen molar-refractivity contribution >= 4 is 11.6 Å². The van der Waals surface area contributed by atoms with Crippen molar-refractivity contribution in [3.05, 3.63) is 34.6 Å². The SMILES string of the molecule is CC1CCC(N)(c2c(F)cccc2Cl)CC1. The van der Waals surface area contributed by atoms with Gasteiger partial charge in [-0.15, -0.1) is 0 Å². The first kappa shape index (κ1) is 11.9. The zero-order valence-corrected chi connectivity index (χ0v) is 10.2. The zero-order chi connectivity index (χ0) is 11.8. The van der Waals surface area contributed by atoms with E-state index >= 15 is 0 Å². The van der Waals surface area contributed by atoms with Gasteiger partial charge in [0, 0.05) is 16.1 Å². The van der Waals surface area contributed by atoms with E-state index in [0.717, 1.165) is 25.7 Å². The summed E-state index contributed by atoms with van der Waals surface area (Å²) in [4.78, 5) is 0. The molecule has 1 aliphatic rings. The molecule has 0 heterocycles. The van der Waals surface area contributed by atoms with Gasteiger partial charge in [0.15, 0.2) is 0 Å². The fourth-order valence-corrected chi connectivity index (χ4v) is 2.85. The van der Waals surface area contributed by atoms with Crippen molar-refractivity contribution in [1.29, 1.82) is 0 Å². The molecular weight excluding hydrogens is 225 g/mol. The summed E-state index contributed by atoms with van der Waals surface area (Å²) in [6.45, 7) is 2.21. The van der Waals surface area contributed by atoms with Crippen molar-refractivity contribution in [3.8, 4) is 0 Å². The van der Waals surface area contributed by atoms with Crippen molar-refractivity contribution in [3.63, 3.8) is 0 Å². The second kappa shape index (κ2) is 4.34. The third-order valence-electron chi connectivity index (χ3n) is 3.63. The molecule has 0 amide bonds. The molecule has 0 bridgehead atoms. The highest BCUT2D eigenvalue weighted by Gasteiger charge is 2.35. The Hall–Kier alpha value is -0.600. The second-order valence-electron chi connectivity index (χ2n) is 4.94. The third kappa shape index (κ3) is 2.09. The summed E-state index contributed by atoms with van der Waals surface area (Å²) < 4.78 is 13.8. The molecule has 0 unspecified atom stereocenters. The minimum Gasteiger partial charge on any atom is -0.321 e. The summed E-state index contributed by atoms with van der Waals surface area (Å²) in [5.41, 5.74) is 6.25. The summed E-state index contributed by atoms with van der Waals surface area (Å²) in [5, 5.41) is 0.456. The Morgan fingerprint density at radius 3 is 2.56 bits per heavy atom. The van der Waals surface area contributed by atoms with Crippen LogP contribution in [0.5, 0.6) is 0 Å². The predicted octanol–water partition coefficient (Wildman–Crippen LogP) is 3.84. The Morgan fingerprint density at radius 1 is 1.38 bits per heavy atom. The van der Waals surface area contributed by atoms with Gasteiger partial charge >= 0.3 is 0 Å². The number of rotatable bonds is 1. The van der Waals surface area contributed by atoms with Crippen LogP contribution in [0.15, 0.2) is 18.2 Å². The van der Waals surface area contributed by atoms with E-state index in [4.69, 9.17) is 17.3 Å². The molecule has 1 aromatic carbocycles. The number of hydrogen-bond acceptors (Lipinski definition) is 1. The minimum atomic E-state index is -0.574. The molecule has 88 valence electrons. The molecule has 3 heteroatoms. The van der Waals surface area contributed by atoms with Crippen LogP contribution >= 0.6 is 11.6 Å². The number of benzene rings is 1. The molecule has 16 heavy (non-hydrogen) atoms. The Kier molecular flexibility index (Phi) is 3.22. The maximum absolute atomic E-state index is 13.8. The van der Waals surface area contributed by atoms with Crippen LogP contribution in [0.2, 0.25) is 5.02 Å². The molecule has 1 aliphatic carbocycles. The third-order valence-corrected chi connectivity index (χ3v) is 3.94. The van der Waals surface area contributed by atoms with Crippen LogP contribution in [0.25, 0.3) is 0 Å². The Labute approximate surface area is 101 Å². The first-order chi connectivity index (χ1) is 7.53. The van der Waals surface area contributed by atoms with Gasteiger partial charge in [-0.25, -0.2) is 4.39 Å². The molecule has 0 spiro atoms. The van der Waals surface area contributed by atoms with Gasteiger partial charge in [-0.2, -0.15) is 0 Å². The lowest BCUT2D eigenvalue weighted by molar-refractivity contribution is 0.242. The molecule has 1 fully saturated rings. The quantitative estimate of drug-likeness (QED) is 0.794. The van der Waals surface area contributed by atoms with E-state index in [9.17, 15) is 4.39 Å². The van der Waals surface area contributed by atoms with E-state index in [1.54, 1.807) is 12.1 Å². The van der Waals surface area contributed by atoms with Gasteiger partial charge in [0.05, 0.1) is 0 Å². The lowest BCUT2D eigenvalue weighted by atomic mass is 9.74. The van der Waals surface area contributed by atoms with Crippen molar-refractivity contribution in [2.75, 3.05) is 0 Å². The zero-order valence-electron chi connectivity index (χ0n) is 9.47. The van der Waals surface area contributed by atoms with Crippen molar-refractivity contribution in [1.82, 2.24) is 0 Å². The van der Waals surface area contributed by atoms with Gasteiger partial charge in [-0.3, -0.25) is 0 Å². The molecule has 1 nitrogen and oxygen atoms in total.